The predicted octanol–water partition coefficient (Wildman–Crippen LogP) is 1.93. The highest BCUT2D eigenvalue weighted by molar-refractivity contribution is 5.79. The Morgan fingerprint density at radius 3 is 2.71 bits per heavy atom. The lowest BCUT2D eigenvalue weighted by Gasteiger charge is -2.42. The number of nitrogens with one attached hydrogen (secondary N) is 1. The lowest BCUT2D eigenvalue weighted by molar-refractivity contribution is -0.149. The number of carbonyl (C=O) groups excluding carboxylic acids is 3. The van der Waals surface area contributed by atoms with Gasteiger partial charge in [-0.2, -0.15) is 0 Å². The maximum absolute atomic E-state index is 13.1. The van der Waals surface area contributed by atoms with Crippen molar-refractivity contribution in [3.63, 3.8) is 0 Å². The highest BCUT2D eigenvalue weighted by atomic mass is 16.5. The minimum Gasteiger partial charge on any atom is -0.483 e. The number of para-hydroxylation sites is 1. The largest absolute Gasteiger partial charge is 0.483 e. The maximum Gasteiger partial charge on any atom is 0.308 e. The van der Waals surface area contributed by atoms with E-state index in [0.717, 1.165) is 43.5 Å². The number of esters is 1. The molecule has 0 aromatic heterocycles. The molecule has 3 aliphatic heterocycles. The zero-order chi connectivity index (χ0) is 23.9. The molecule has 184 valence electrons. The smallest absolute Gasteiger partial charge is 0.308 e. The summed E-state index contributed by atoms with van der Waals surface area (Å²) >= 11 is 0. The molecule has 0 bridgehead atoms. The van der Waals surface area contributed by atoms with Gasteiger partial charge in [0.25, 0.3) is 5.91 Å². The van der Waals surface area contributed by atoms with E-state index in [2.05, 4.69) is 22.4 Å². The van der Waals surface area contributed by atoms with Gasteiger partial charge in [-0.1, -0.05) is 30.4 Å². The van der Waals surface area contributed by atoms with E-state index in [1.807, 2.05) is 29.2 Å². The number of methoxy groups -OCH3 is 1. The van der Waals surface area contributed by atoms with Crippen LogP contribution in [0.1, 0.15) is 37.7 Å². The summed E-state index contributed by atoms with van der Waals surface area (Å²) in [4.78, 5) is 41.6. The SMILES string of the molecule is COC(=O)C1CCN(C(=O)CN2CCC[C@H]3NC(=O)COc4ccccc4C/C=C/C[C@H]32)CC1. The van der Waals surface area contributed by atoms with Crippen molar-refractivity contribution in [3.8, 4) is 5.75 Å². The first-order valence-corrected chi connectivity index (χ1v) is 12.3. The van der Waals surface area contributed by atoms with Crippen molar-refractivity contribution in [2.45, 2.75) is 50.6 Å². The Balaban J connectivity index is 1.41. The molecule has 1 N–H and O–H groups in total. The predicted molar refractivity (Wildman–Crippen MR) is 127 cm³/mol. The molecule has 8 heteroatoms. The minimum atomic E-state index is -0.187. The molecule has 1 aromatic carbocycles. The van der Waals surface area contributed by atoms with E-state index < -0.39 is 0 Å². The van der Waals surface area contributed by atoms with Gasteiger partial charge in [0, 0.05) is 25.2 Å². The zero-order valence-electron chi connectivity index (χ0n) is 19.9. The molecule has 3 aliphatic rings. The number of amides is 2. The fraction of sp³-hybridized carbons (Fsp3) is 0.577. The van der Waals surface area contributed by atoms with Crippen LogP contribution in [0.3, 0.4) is 0 Å². The molecule has 4 rings (SSSR count). The van der Waals surface area contributed by atoms with E-state index in [4.69, 9.17) is 9.47 Å². The molecule has 0 saturated carbocycles. The average Bonchev–Trinajstić information content (AvgIpc) is 2.86. The number of benzene rings is 1. The molecule has 0 aliphatic carbocycles. The second-order valence-corrected chi connectivity index (χ2v) is 9.34. The molecular weight excluding hydrogens is 434 g/mol. The second kappa shape index (κ2) is 11.5. The standard InChI is InChI=1S/C26H35N3O5/c1-33-26(32)20-12-15-28(16-13-20)25(31)17-29-14-6-9-21-22(29)10-4-2-7-19-8-3-5-11-23(19)34-18-24(30)27-21/h2-5,8,11,20-22H,6-7,9-10,12-18H2,1H3,(H,27,30)/b4-2+/t21-,22-/m1/s1. The first-order chi connectivity index (χ1) is 16.5. The summed E-state index contributed by atoms with van der Waals surface area (Å²) in [6, 6.07) is 7.83. The monoisotopic (exact) mass is 469 g/mol. The maximum atomic E-state index is 13.1. The van der Waals surface area contributed by atoms with Crippen LogP contribution in [0.25, 0.3) is 0 Å². The van der Waals surface area contributed by atoms with Crippen LogP contribution < -0.4 is 10.1 Å². The van der Waals surface area contributed by atoms with Crippen molar-refractivity contribution >= 4 is 17.8 Å². The molecule has 2 saturated heterocycles. The number of carbonyl (C=O) groups is 3. The first kappa shape index (κ1) is 24.3. The van der Waals surface area contributed by atoms with E-state index in [1.54, 1.807) is 0 Å². The molecule has 2 atom stereocenters. The van der Waals surface area contributed by atoms with Crippen LogP contribution in [0.4, 0.5) is 0 Å². The Kier molecular flexibility index (Phi) is 8.21. The number of hydrogen-bond donors (Lipinski definition) is 1. The quantitative estimate of drug-likeness (QED) is 0.538. The number of likely N-dealkylation sites (tertiary alicyclic amines) is 2. The van der Waals surface area contributed by atoms with Gasteiger partial charge in [0.15, 0.2) is 6.61 Å². The number of ether oxygens (including phenoxy) is 2. The van der Waals surface area contributed by atoms with Crippen LogP contribution in [0.2, 0.25) is 0 Å². The number of nitrogens with zero attached hydrogens (tertiary/aromatic N) is 2. The fourth-order valence-corrected chi connectivity index (χ4v) is 5.26. The van der Waals surface area contributed by atoms with Crippen molar-refractivity contribution in [1.82, 2.24) is 15.1 Å². The summed E-state index contributed by atoms with van der Waals surface area (Å²) in [6.07, 6.45) is 8.91. The molecule has 0 spiro atoms. The lowest BCUT2D eigenvalue weighted by Crippen LogP contribution is -2.58. The molecular formula is C26H35N3O5. The molecule has 8 nitrogen and oxygen atoms in total. The first-order valence-electron chi connectivity index (χ1n) is 12.3. The number of hydrogen-bond acceptors (Lipinski definition) is 6. The molecule has 1 aromatic rings. The highest BCUT2D eigenvalue weighted by Crippen LogP contribution is 2.24. The summed E-state index contributed by atoms with van der Waals surface area (Å²) < 4.78 is 10.7. The van der Waals surface area contributed by atoms with Crippen LogP contribution in [0.5, 0.6) is 5.75 Å². The Morgan fingerprint density at radius 2 is 1.91 bits per heavy atom. The van der Waals surface area contributed by atoms with Gasteiger partial charge in [-0.3, -0.25) is 19.3 Å². The summed E-state index contributed by atoms with van der Waals surface area (Å²) in [7, 11) is 1.41. The Morgan fingerprint density at radius 1 is 1.12 bits per heavy atom. The Bertz CT molecular complexity index is 909. The summed E-state index contributed by atoms with van der Waals surface area (Å²) in [5, 5.41) is 3.16. The van der Waals surface area contributed by atoms with Crippen molar-refractivity contribution in [2.75, 3.05) is 39.9 Å². The number of fused-ring (bicyclic) bond motifs is 2. The van der Waals surface area contributed by atoms with Gasteiger partial charge in [0.1, 0.15) is 5.75 Å². The van der Waals surface area contributed by atoms with Gasteiger partial charge in [-0.25, -0.2) is 0 Å². The van der Waals surface area contributed by atoms with Gasteiger partial charge in [0.05, 0.1) is 19.6 Å². The number of allylic oxidation sites excluding steroid dienone is 1. The third-order valence-electron chi connectivity index (χ3n) is 7.17. The van der Waals surface area contributed by atoms with Crippen LogP contribution in [0, 0.1) is 5.92 Å². The van der Waals surface area contributed by atoms with Gasteiger partial charge >= 0.3 is 5.97 Å². The second-order valence-electron chi connectivity index (χ2n) is 9.34. The van der Waals surface area contributed by atoms with Crippen molar-refractivity contribution in [2.24, 2.45) is 5.92 Å². The highest BCUT2D eigenvalue weighted by Gasteiger charge is 2.35. The van der Waals surface area contributed by atoms with Gasteiger partial charge < -0.3 is 19.7 Å². The lowest BCUT2D eigenvalue weighted by atomic mass is 9.92. The molecule has 2 fully saturated rings. The van der Waals surface area contributed by atoms with E-state index in [1.165, 1.54) is 7.11 Å². The zero-order valence-corrected chi connectivity index (χ0v) is 19.9. The topological polar surface area (TPSA) is 88.2 Å². The van der Waals surface area contributed by atoms with Crippen LogP contribution in [-0.2, 0) is 25.5 Å². The molecule has 34 heavy (non-hydrogen) atoms. The van der Waals surface area contributed by atoms with E-state index in [0.29, 0.717) is 32.5 Å². The Hall–Kier alpha value is -2.87. The van der Waals surface area contributed by atoms with Gasteiger partial charge in [-0.15, -0.1) is 0 Å². The molecule has 0 unspecified atom stereocenters. The Labute approximate surface area is 201 Å². The third kappa shape index (κ3) is 5.97. The van der Waals surface area contributed by atoms with Crippen LogP contribution >= 0.6 is 0 Å². The van der Waals surface area contributed by atoms with E-state index in [-0.39, 0.29) is 42.4 Å². The van der Waals surface area contributed by atoms with E-state index in [9.17, 15) is 14.4 Å². The average molecular weight is 470 g/mol. The van der Waals surface area contributed by atoms with Crippen molar-refractivity contribution < 1.29 is 23.9 Å². The third-order valence-corrected chi connectivity index (χ3v) is 7.17. The van der Waals surface area contributed by atoms with Crippen molar-refractivity contribution in [1.29, 1.82) is 0 Å². The van der Waals surface area contributed by atoms with Gasteiger partial charge in [-0.05, 0) is 56.7 Å². The minimum absolute atomic E-state index is 0.0159. The summed E-state index contributed by atoms with van der Waals surface area (Å²) in [5.74, 6) is 0.391. The molecule has 2 amide bonds. The van der Waals surface area contributed by atoms with Crippen LogP contribution in [0.15, 0.2) is 36.4 Å². The van der Waals surface area contributed by atoms with E-state index >= 15 is 0 Å². The molecule has 0 radical (unpaired) electrons. The summed E-state index contributed by atoms with van der Waals surface area (Å²) in [6.45, 7) is 2.29. The molecule has 3 heterocycles. The number of rotatable bonds is 3. The fourth-order valence-electron chi connectivity index (χ4n) is 5.26. The summed E-state index contributed by atoms with van der Waals surface area (Å²) in [5.41, 5.74) is 1.05. The van der Waals surface area contributed by atoms with Crippen LogP contribution in [-0.4, -0.2) is 79.6 Å². The number of piperidine rings is 2. The van der Waals surface area contributed by atoms with Gasteiger partial charge in [0.2, 0.25) is 5.91 Å². The normalized spacial score (nSPS) is 25.4. The van der Waals surface area contributed by atoms with Crippen molar-refractivity contribution in [3.05, 3.63) is 42.0 Å².